The van der Waals surface area contributed by atoms with E-state index < -0.39 is 10.1 Å². The minimum absolute atomic E-state index is 0.0446. The first-order valence-electron chi connectivity index (χ1n) is 5.85. The molecule has 0 spiro atoms. The van der Waals surface area contributed by atoms with E-state index in [-0.39, 0.29) is 4.90 Å². The summed E-state index contributed by atoms with van der Waals surface area (Å²) in [4.78, 5) is 4.04. The van der Waals surface area contributed by atoms with Gasteiger partial charge in [0.1, 0.15) is 4.90 Å². The van der Waals surface area contributed by atoms with E-state index in [1.165, 1.54) is 6.07 Å². The number of rotatable bonds is 1. The molecule has 0 amide bonds. The second-order valence-electron chi connectivity index (χ2n) is 4.79. The highest BCUT2D eigenvalue weighted by molar-refractivity contribution is 7.86. The molecule has 0 bridgehead atoms. The fourth-order valence-corrected chi connectivity index (χ4v) is 3.36. The highest BCUT2D eigenvalue weighted by atomic mass is 32.2. The molecular weight excluding hydrogens is 264 g/mol. The second-order valence-corrected chi connectivity index (χ2v) is 6.18. The molecule has 0 unspecified atom stereocenters. The van der Waals surface area contributed by atoms with Crippen molar-refractivity contribution in [1.29, 1.82) is 0 Å². The lowest BCUT2D eigenvalue weighted by atomic mass is 10.0. The first-order valence-corrected chi connectivity index (χ1v) is 7.29. The Bertz CT molecular complexity index is 757. The van der Waals surface area contributed by atoms with E-state index >= 15 is 0 Å². The minimum atomic E-state index is -4.22. The van der Waals surface area contributed by atoms with Gasteiger partial charge in [-0.25, -0.2) is 0 Å². The van der Waals surface area contributed by atoms with E-state index in [9.17, 15) is 13.0 Å². The molecule has 1 aliphatic heterocycles. The van der Waals surface area contributed by atoms with Gasteiger partial charge in [0.15, 0.2) is 0 Å². The van der Waals surface area contributed by atoms with Crippen LogP contribution in [0.3, 0.4) is 0 Å². The Balaban J connectivity index is 2.49. The van der Waals surface area contributed by atoms with Gasteiger partial charge in [-0.1, -0.05) is 12.1 Å². The van der Waals surface area contributed by atoms with Crippen LogP contribution < -0.4 is 9.80 Å². The number of nitrogens with zero attached hydrogens (tertiary/aromatic N) is 2. The predicted octanol–water partition coefficient (Wildman–Crippen LogP) is 1.93. The fraction of sp³-hybridized carbons (Fsp3) is 0.231. The van der Waals surface area contributed by atoms with Crippen LogP contribution >= 0.6 is 0 Å². The molecule has 6 heteroatoms. The average Bonchev–Trinajstić information content (AvgIpc) is 2.33. The smallest absolute Gasteiger partial charge is 0.295 e. The van der Waals surface area contributed by atoms with Crippen molar-refractivity contribution in [3.05, 3.63) is 30.3 Å². The van der Waals surface area contributed by atoms with Crippen LogP contribution in [0.1, 0.15) is 0 Å². The van der Waals surface area contributed by atoms with Crippen molar-refractivity contribution in [3.8, 4) is 0 Å². The van der Waals surface area contributed by atoms with E-state index in [0.29, 0.717) is 5.39 Å². The number of hydrogen-bond donors (Lipinski definition) is 1. The molecule has 0 saturated carbocycles. The van der Waals surface area contributed by atoms with Gasteiger partial charge in [-0.15, -0.1) is 0 Å². The summed E-state index contributed by atoms with van der Waals surface area (Å²) in [5, 5.41) is 1.41. The summed E-state index contributed by atoms with van der Waals surface area (Å²) in [6.45, 7) is 0.733. The lowest BCUT2D eigenvalue weighted by molar-refractivity contribution is 0.484. The van der Waals surface area contributed by atoms with Crippen molar-refractivity contribution < 1.29 is 13.0 Å². The van der Waals surface area contributed by atoms with Gasteiger partial charge in [-0.2, -0.15) is 8.42 Å². The van der Waals surface area contributed by atoms with E-state index in [4.69, 9.17) is 0 Å². The third kappa shape index (κ3) is 1.75. The first-order chi connectivity index (χ1) is 8.89. The molecule has 5 nitrogen and oxygen atoms in total. The van der Waals surface area contributed by atoms with Gasteiger partial charge in [0.25, 0.3) is 10.1 Å². The van der Waals surface area contributed by atoms with Crippen LogP contribution in [-0.2, 0) is 10.1 Å². The Morgan fingerprint density at radius 3 is 2.32 bits per heavy atom. The molecule has 100 valence electrons. The number of hydrogen-bond acceptors (Lipinski definition) is 4. The van der Waals surface area contributed by atoms with Gasteiger partial charge in [0.2, 0.25) is 0 Å². The maximum Gasteiger partial charge on any atom is 0.295 e. The SMILES string of the molecule is CN1CN(C)c2ccc(S(=O)(=O)O)c3cccc1c23. The zero-order valence-electron chi connectivity index (χ0n) is 10.7. The molecule has 3 rings (SSSR count). The summed E-state index contributed by atoms with van der Waals surface area (Å²) in [6, 6.07) is 8.67. The average molecular weight is 278 g/mol. The van der Waals surface area contributed by atoms with Crippen LogP contribution in [0.4, 0.5) is 11.4 Å². The summed E-state index contributed by atoms with van der Waals surface area (Å²) in [5.41, 5.74) is 1.94. The summed E-state index contributed by atoms with van der Waals surface area (Å²) >= 11 is 0. The van der Waals surface area contributed by atoms with E-state index in [1.807, 2.05) is 30.0 Å². The molecule has 2 aromatic rings. The van der Waals surface area contributed by atoms with E-state index in [2.05, 4.69) is 0 Å². The molecule has 19 heavy (non-hydrogen) atoms. The molecule has 0 radical (unpaired) electrons. The lowest BCUT2D eigenvalue weighted by Gasteiger charge is -2.35. The third-order valence-corrected chi connectivity index (χ3v) is 4.39. The van der Waals surface area contributed by atoms with Crippen molar-refractivity contribution in [2.75, 3.05) is 30.6 Å². The number of benzene rings is 2. The van der Waals surface area contributed by atoms with Crippen LogP contribution in [0, 0.1) is 0 Å². The van der Waals surface area contributed by atoms with Gasteiger partial charge < -0.3 is 9.80 Å². The van der Waals surface area contributed by atoms with Crippen molar-refractivity contribution in [1.82, 2.24) is 0 Å². The van der Waals surface area contributed by atoms with Crippen molar-refractivity contribution in [3.63, 3.8) is 0 Å². The monoisotopic (exact) mass is 278 g/mol. The minimum Gasteiger partial charge on any atom is -0.356 e. The molecule has 0 aliphatic carbocycles. The molecule has 1 heterocycles. The summed E-state index contributed by atoms with van der Waals surface area (Å²) < 4.78 is 32.3. The summed E-state index contributed by atoms with van der Waals surface area (Å²) in [6.07, 6.45) is 0. The molecule has 0 saturated heterocycles. The Morgan fingerprint density at radius 2 is 1.68 bits per heavy atom. The van der Waals surface area contributed by atoms with E-state index in [0.717, 1.165) is 23.4 Å². The molecule has 1 N–H and O–H groups in total. The molecule has 0 aromatic heterocycles. The molecule has 0 fully saturated rings. The lowest BCUT2D eigenvalue weighted by Crippen LogP contribution is -2.36. The largest absolute Gasteiger partial charge is 0.356 e. The van der Waals surface area contributed by atoms with E-state index in [1.54, 1.807) is 18.2 Å². The second kappa shape index (κ2) is 3.85. The van der Waals surface area contributed by atoms with Gasteiger partial charge in [-0.05, 0) is 18.2 Å². The Morgan fingerprint density at radius 1 is 1.05 bits per heavy atom. The molecule has 1 aliphatic rings. The Labute approximate surface area is 111 Å². The van der Waals surface area contributed by atoms with Crippen LogP contribution in [-0.4, -0.2) is 33.7 Å². The topological polar surface area (TPSA) is 60.9 Å². The normalized spacial score (nSPS) is 15.1. The summed E-state index contributed by atoms with van der Waals surface area (Å²) in [7, 11) is -0.314. The van der Waals surface area contributed by atoms with Crippen LogP contribution in [0.15, 0.2) is 35.2 Å². The van der Waals surface area contributed by atoms with Crippen molar-refractivity contribution in [2.45, 2.75) is 4.90 Å². The summed E-state index contributed by atoms with van der Waals surface area (Å²) in [5.74, 6) is 0. The Kier molecular flexibility index (Phi) is 2.48. The van der Waals surface area contributed by atoms with Gasteiger partial charge in [0, 0.05) is 36.2 Å². The molecular formula is C13H14N2O3S. The van der Waals surface area contributed by atoms with Crippen LogP contribution in [0.5, 0.6) is 0 Å². The number of anilines is 2. The van der Waals surface area contributed by atoms with Crippen molar-refractivity contribution in [2.24, 2.45) is 0 Å². The quantitative estimate of drug-likeness (QED) is 0.808. The molecule has 2 aromatic carbocycles. The maximum atomic E-state index is 11.5. The highest BCUT2D eigenvalue weighted by Gasteiger charge is 2.23. The van der Waals surface area contributed by atoms with Gasteiger partial charge >= 0.3 is 0 Å². The first kappa shape index (κ1) is 12.3. The fourth-order valence-electron chi connectivity index (χ4n) is 2.67. The zero-order valence-corrected chi connectivity index (χ0v) is 11.5. The van der Waals surface area contributed by atoms with Gasteiger partial charge in [-0.3, -0.25) is 4.55 Å². The van der Waals surface area contributed by atoms with Crippen molar-refractivity contribution >= 4 is 32.3 Å². The third-order valence-electron chi connectivity index (χ3n) is 3.48. The highest BCUT2D eigenvalue weighted by Crippen LogP contribution is 2.40. The zero-order chi connectivity index (χ0) is 13.8. The predicted molar refractivity (Wildman–Crippen MR) is 75.4 cm³/mol. The van der Waals surface area contributed by atoms with Crippen LogP contribution in [0.25, 0.3) is 10.8 Å². The van der Waals surface area contributed by atoms with Gasteiger partial charge in [0.05, 0.1) is 6.67 Å². The standard InChI is InChI=1S/C13H14N2O3S/c1-14-8-15(2)11-6-7-12(19(16,17)18)9-4-3-5-10(14)13(9)11/h3-7H,8H2,1-2H3,(H,16,17,18). The van der Waals surface area contributed by atoms with Crippen LogP contribution in [0.2, 0.25) is 0 Å². The Hall–Kier alpha value is -1.79. The maximum absolute atomic E-state index is 11.5. The molecule has 0 atom stereocenters.